The van der Waals surface area contributed by atoms with Crippen molar-refractivity contribution in [2.45, 2.75) is 6.18 Å². The highest BCUT2D eigenvalue weighted by molar-refractivity contribution is 6.17. The fourth-order valence-electron chi connectivity index (χ4n) is 1.94. The lowest BCUT2D eigenvalue weighted by molar-refractivity contribution is -0.154. The third-order valence-corrected chi connectivity index (χ3v) is 3.01. The molecule has 0 bridgehead atoms. The van der Waals surface area contributed by atoms with E-state index in [1.807, 2.05) is 0 Å². The standard InChI is InChI=1S/C17H15F3N2O5/c1-24-9-12(15(23)25-2)11-5-3-4-6-13(11)27-16-21-8-7-14(22-16)26-10-17(18,19)20/h3-9H,10H2,1-2H3. The number of carbonyl (C=O) groups is 1. The number of hydrogen-bond donors (Lipinski definition) is 0. The molecule has 0 aliphatic carbocycles. The van der Waals surface area contributed by atoms with E-state index >= 15 is 0 Å². The SMILES string of the molecule is COC=C(C(=O)OC)c1ccccc1Oc1nccc(OCC(F)(F)F)n1. The van der Waals surface area contributed by atoms with Crippen LogP contribution in [0.5, 0.6) is 17.6 Å². The molecule has 1 aromatic carbocycles. The highest BCUT2D eigenvalue weighted by Gasteiger charge is 2.28. The van der Waals surface area contributed by atoms with Crippen LogP contribution in [0.1, 0.15) is 5.56 Å². The summed E-state index contributed by atoms with van der Waals surface area (Å²) in [5.74, 6) is -0.814. The molecular weight excluding hydrogens is 369 g/mol. The lowest BCUT2D eigenvalue weighted by atomic mass is 10.1. The highest BCUT2D eigenvalue weighted by atomic mass is 19.4. The Morgan fingerprint density at radius 3 is 2.59 bits per heavy atom. The van der Waals surface area contributed by atoms with E-state index in [2.05, 4.69) is 14.7 Å². The molecule has 0 radical (unpaired) electrons. The molecule has 2 rings (SSSR count). The van der Waals surface area contributed by atoms with Crippen molar-refractivity contribution < 1.29 is 36.9 Å². The van der Waals surface area contributed by atoms with Gasteiger partial charge in [-0.2, -0.15) is 18.2 Å². The Morgan fingerprint density at radius 1 is 1.19 bits per heavy atom. The summed E-state index contributed by atoms with van der Waals surface area (Å²) in [5, 5.41) is 0. The predicted molar refractivity (Wildman–Crippen MR) is 87.1 cm³/mol. The maximum absolute atomic E-state index is 12.3. The van der Waals surface area contributed by atoms with Crippen LogP contribution in [0.4, 0.5) is 13.2 Å². The first-order chi connectivity index (χ1) is 12.8. The molecule has 0 spiro atoms. The molecule has 0 aliphatic rings. The number of nitrogens with zero attached hydrogens (tertiary/aromatic N) is 2. The van der Waals surface area contributed by atoms with Gasteiger partial charge in [-0.1, -0.05) is 18.2 Å². The molecule has 7 nitrogen and oxygen atoms in total. The molecular formula is C17H15F3N2O5. The van der Waals surface area contributed by atoms with E-state index in [0.29, 0.717) is 5.56 Å². The molecule has 2 aromatic rings. The monoisotopic (exact) mass is 384 g/mol. The van der Waals surface area contributed by atoms with Gasteiger partial charge in [0.1, 0.15) is 11.3 Å². The summed E-state index contributed by atoms with van der Waals surface area (Å²) in [5.41, 5.74) is 0.386. The molecule has 0 N–H and O–H groups in total. The van der Waals surface area contributed by atoms with Crippen molar-refractivity contribution in [2.75, 3.05) is 20.8 Å². The Morgan fingerprint density at radius 2 is 1.93 bits per heavy atom. The van der Waals surface area contributed by atoms with Gasteiger partial charge in [0.2, 0.25) is 5.88 Å². The zero-order chi connectivity index (χ0) is 19.9. The average Bonchev–Trinajstić information content (AvgIpc) is 2.64. The normalized spacial score (nSPS) is 11.7. The third kappa shape index (κ3) is 5.87. The van der Waals surface area contributed by atoms with E-state index in [-0.39, 0.29) is 23.2 Å². The van der Waals surface area contributed by atoms with Crippen molar-refractivity contribution in [2.24, 2.45) is 0 Å². The van der Waals surface area contributed by atoms with E-state index in [0.717, 1.165) is 6.07 Å². The number of halogens is 3. The lowest BCUT2D eigenvalue weighted by Crippen LogP contribution is -2.19. The number of alkyl halides is 3. The summed E-state index contributed by atoms with van der Waals surface area (Å²) in [6.45, 7) is -1.50. The van der Waals surface area contributed by atoms with Crippen molar-refractivity contribution in [1.29, 1.82) is 0 Å². The Bertz CT molecular complexity index is 824. The summed E-state index contributed by atoms with van der Waals surface area (Å²) in [4.78, 5) is 19.5. The summed E-state index contributed by atoms with van der Waals surface area (Å²) in [6.07, 6.45) is -2.14. The molecule has 0 unspecified atom stereocenters. The Labute approximate surface area is 152 Å². The van der Waals surface area contributed by atoms with Gasteiger partial charge in [-0.25, -0.2) is 9.78 Å². The number of aromatic nitrogens is 2. The second-order valence-corrected chi connectivity index (χ2v) is 4.94. The first-order valence-corrected chi connectivity index (χ1v) is 7.45. The van der Waals surface area contributed by atoms with Crippen LogP contribution in [0.3, 0.4) is 0 Å². The van der Waals surface area contributed by atoms with Gasteiger partial charge in [0, 0.05) is 17.8 Å². The van der Waals surface area contributed by atoms with Crippen LogP contribution < -0.4 is 9.47 Å². The molecule has 0 amide bonds. The largest absolute Gasteiger partial charge is 0.503 e. The summed E-state index contributed by atoms with van der Waals surface area (Å²) in [6, 6.07) is 7.27. The van der Waals surface area contributed by atoms with E-state index in [1.165, 1.54) is 32.7 Å². The van der Waals surface area contributed by atoms with Crippen LogP contribution in [0.25, 0.3) is 5.57 Å². The zero-order valence-corrected chi connectivity index (χ0v) is 14.3. The summed E-state index contributed by atoms with van der Waals surface area (Å²) >= 11 is 0. The van der Waals surface area contributed by atoms with Crippen LogP contribution in [0.15, 0.2) is 42.8 Å². The predicted octanol–water partition coefficient (Wildman–Crippen LogP) is 3.37. The van der Waals surface area contributed by atoms with Crippen molar-refractivity contribution in [1.82, 2.24) is 9.97 Å². The van der Waals surface area contributed by atoms with Crippen molar-refractivity contribution in [3.05, 3.63) is 48.4 Å². The van der Waals surface area contributed by atoms with Crippen molar-refractivity contribution in [3.8, 4) is 17.6 Å². The minimum atomic E-state index is -4.50. The Hall–Kier alpha value is -3.30. The number of benzene rings is 1. The van der Waals surface area contributed by atoms with Crippen LogP contribution in [0.2, 0.25) is 0 Å². The van der Waals surface area contributed by atoms with Gasteiger partial charge in [0.15, 0.2) is 6.61 Å². The highest BCUT2D eigenvalue weighted by Crippen LogP contribution is 2.30. The molecule has 0 saturated heterocycles. The van der Waals surface area contributed by atoms with E-state index in [9.17, 15) is 18.0 Å². The van der Waals surface area contributed by atoms with E-state index in [4.69, 9.17) is 14.2 Å². The van der Waals surface area contributed by atoms with Crippen LogP contribution in [0, 0.1) is 0 Å². The number of methoxy groups -OCH3 is 2. The quantitative estimate of drug-likeness (QED) is 0.411. The molecule has 1 heterocycles. The van der Waals surface area contributed by atoms with Crippen LogP contribution in [-0.4, -0.2) is 42.9 Å². The van der Waals surface area contributed by atoms with Crippen LogP contribution >= 0.6 is 0 Å². The zero-order valence-electron chi connectivity index (χ0n) is 14.3. The second kappa shape index (κ2) is 8.88. The van der Waals surface area contributed by atoms with Gasteiger partial charge in [0.05, 0.1) is 20.5 Å². The molecule has 0 fully saturated rings. The maximum atomic E-state index is 12.3. The van der Waals surface area contributed by atoms with Gasteiger partial charge >= 0.3 is 18.2 Å². The topological polar surface area (TPSA) is 79.8 Å². The van der Waals surface area contributed by atoms with Gasteiger partial charge in [-0.3, -0.25) is 0 Å². The maximum Gasteiger partial charge on any atom is 0.422 e. The molecule has 10 heteroatoms. The first-order valence-electron chi connectivity index (χ1n) is 7.45. The van der Waals surface area contributed by atoms with E-state index in [1.54, 1.807) is 18.2 Å². The van der Waals surface area contributed by atoms with Gasteiger partial charge in [-0.05, 0) is 6.07 Å². The molecule has 0 aliphatic heterocycles. The first kappa shape index (κ1) is 20.0. The summed E-state index contributed by atoms with van der Waals surface area (Å²) < 4.78 is 56.4. The van der Waals surface area contributed by atoms with Gasteiger partial charge in [0.25, 0.3) is 0 Å². The number of carbonyl (C=O) groups excluding carboxylic acids is 1. The minimum absolute atomic E-state index is 0.0695. The number of ether oxygens (including phenoxy) is 4. The minimum Gasteiger partial charge on any atom is -0.503 e. The molecule has 144 valence electrons. The second-order valence-electron chi connectivity index (χ2n) is 4.94. The van der Waals surface area contributed by atoms with Gasteiger partial charge < -0.3 is 18.9 Å². The Balaban J connectivity index is 2.28. The smallest absolute Gasteiger partial charge is 0.422 e. The van der Waals surface area contributed by atoms with Crippen LogP contribution in [-0.2, 0) is 14.3 Å². The molecule has 0 atom stereocenters. The molecule has 27 heavy (non-hydrogen) atoms. The molecule has 0 saturated carbocycles. The van der Waals surface area contributed by atoms with E-state index < -0.39 is 18.8 Å². The third-order valence-electron chi connectivity index (χ3n) is 3.01. The Kier molecular flexibility index (Phi) is 6.58. The van der Waals surface area contributed by atoms with Crippen molar-refractivity contribution in [3.63, 3.8) is 0 Å². The number of esters is 1. The van der Waals surface area contributed by atoms with Gasteiger partial charge in [-0.15, -0.1) is 0 Å². The van der Waals surface area contributed by atoms with Crippen molar-refractivity contribution >= 4 is 11.5 Å². The lowest BCUT2D eigenvalue weighted by Gasteiger charge is -2.12. The number of rotatable bonds is 7. The number of para-hydroxylation sites is 1. The molecule has 1 aromatic heterocycles. The average molecular weight is 384 g/mol. The summed E-state index contributed by atoms with van der Waals surface area (Å²) in [7, 11) is 2.57. The fourth-order valence-corrected chi connectivity index (χ4v) is 1.94. The fraction of sp³-hybridized carbons (Fsp3) is 0.235. The number of hydrogen-bond acceptors (Lipinski definition) is 7.